The van der Waals surface area contributed by atoms with Crippen molar-refractivity contribution >= 4 is 11.9 Å². The van der Waals surface area contributed by atoms with Gasteiger partial charge in [-0.3, -0.25) is 9.59 Å². The third-order valence-electron chi connectivity index (χ3n) is 2.84. The molecule has 0 fully saturated rings. The van der Waals surface area contributed by atoms with Crippen LogP contribution < -0.4 is 5.32 Å². The molecule has 1 atom stereocenters. The van der Waals surface area contributed by atoms with Gasteiger partial charge in [-0.2, -0.15) is 0 Å². The van der Waals surface area contributed by atoms with E-state index in [0.29, 0.717) is 12.5 Å². The van der Waals surface area contributed by atoms with Crippen LogP contribution in [0.15, 0.2) is 18.2 Å². The van der Waals surface area contributed by atoms with Gasteiger partial charge in [-0.15, -0.1) is 0 Å². The summed E-state index contributed by atoms with van der Waals surface area (Å²) in [6.45, 7) is 5.59. The molecule has 21 heavy (non-hydrogen) atoms. The molecule has 1 aromatic carbocycles. The molecule has 0 heterocycles. The minimum absolute atomic E-state index is 0.0937. The third-order valence-corrected chi connectivity index (χ3v) is 2.84. The van der Waals surface area contributed by atoms with Gasteiger partial charge in [0.25, 0.3) is 5.91 Å². The molecule has 4 nitrogen and oxygen atoms in total. The van der Waals surface area contributed by atoms with E-state index in [-0.39, 0.29) is 17.5 Å². The second-order valence-corrected chi connectivity index (χ2v) is 6.17. The van der Waals surface area contributed by atoms with E-state index in [1.165, 1.54) is 0 Å². The number of carboxylic acids is 1. The van der Waals surface area contributed by atoms with Gasteiger partial charge in [0.2, 0.25) is 0 Å². The number of carbonyl (C=O) groups is 2. The predicted molar refractivity (Wildman–Crippen MR) is 73.9 cm³/mol. The van der Waals surface area contributed by atoms with Crippen LogP contribution in [0.25, 0.3) is 0 Å². The maximum absolute atomic E-state index is 13.0. The molecule has 0 saturated carbocycles. The fourth-order valence-corrected chi connectivity index (χ4v) is 1.99. The summed E-state index contributed by atoms with van der Waals surface area (Å²) >= 11 is 0. The zero-order chi connectivity index (χ0) is 16.2. The van der Waals surface area contributed by atoms with Crippen LogP contribution in [0.1, 0.15) is 37.6 Å². The van der Waals surface area contributed by atoms with Crippen LogP contribution in [-0.4, -0.2) is 23.5 Å². The van der Waals surface area contributed by atoms with Gasteiger partial charge >= 0.3 is 5.97 Å². The van der Waals surface area contributed by atoms with Crippen molar-refractivity contribution in [2.24, 2.45) is 11.3 Å². The summed E-state index contributed by atoms with van der Waals surface area (Å²) in [5.41, 5.74) is -0.383. The standard InChI is InChI=1S/C15H19F2NO3/c1-15(2,3)7-10(14(20)21)8-18-13(19)9-4-11(16)6-12(17)5-9/h4-6,10H,7-8H2,1-3H3,(H,18,19)(H,20,21). The number of carboxylic acid groups (broad SMARTS) is 1. The minimum Gasteiger partial charge on any atom is -0.481 e. The van der Waals surface area contributed by atoms with Crippen molar-refractivity contribution in [1.82, 2.24) is 5.32 Å². The fourth-order valence-electron chi connectivity index (χ4n) is 1.99. The quantitative estimate of drug-likeness (QED) is 0.878. The molecule has 0 saturated heterocycles. The molecule has 1 unspecified atom stereocenters. The van der Waals surface area contributed by atoms with Crippen LogP contribution >= 0.6 is 0 Å². The van der Waals surface area contributed by atoms with Gasteiger partial charge < -0.3 is 10.4 Å². The first-order valence-electron chi connectivity index (χ1n) is 6.55. The van der Waals surface area contributed by atoms with Crippen LogP contribution in [-0.2, 0) is 4.79 Å². The van der Waals surface area contributed by atoms with Crippen LogP contribution in [0.4, 0.5) is 8.78 Å². The van der Waals surface area contributed by atoms with E-state index in [1.54, 1.807) is 0 Å². The van der Waals surface area contributed by atoms with Crippen molar-refractivity contribution in [1.29, 1.82) is 0 Å². The van der Waals surface area contributed by atoms with Crippen LogP contribution in [0.5, 0.6) is 0 Å². The highest BCUT2D eigenvalue weighted by molar-refractivity contribution is 5.94. The van der Waals surface area contributed by atoms with Crippen LogP contribution in [0.3, 0.4) is 0 Å². The van der Waals surface area contributed by atoms with E-state index in [9.17, 15) is 18.4 Å². The first-order chi connectivity index (χ1) is 9.58. The molecule has 0 bridgehead atoms. The van der Waals surface area contributed by atoms with Gasteiger partial charge in [-0.05, 0) is 24.0 Å². The Labute approximate surface area is 122 Å². The van der Waals surface area contributed by atoms with Gasteiger partial charge in [0, 0.05) is 18.2 Å². The van der Waals surface area contributed by atoms with Crippen LogP contribution in [0.2, 0.25) is 0 Å². The molecular weight excluding hydrogens is 280 g/mol. The van der Waals surface area contributed by atoms with Crippen molar-refractivity contribution in [2.75, 3.05) is 6.54 Å². The molecule has 0 aliphatic carbocycles. The Morgan fingerprint density at radius 1 is 1.19 bits per heavy atom. The largest absolute Gasteiger partial charge is 0.481 e. The summed E-state index contributed by atoms with van der Waals surface area (Å²) in [6.07, 6.45) is 0.375. The third kappa shape index (κ3) is 5.89. The second-order valence-electron chi connectivity index (χ2n) is 6.17. The summed E-state index contributed by atoms with van der Waals surface area (Å²) in [5.74, 6) is -4.19. The van der Waals surface area contributed by atoms with Crippen molar-refractivity contribution in [3.8, 4) is 0 Å². The second kappa shape index (κ2) is 6.65. The molecule has 6 heteroatoms. The number of amides is 1. The van der Waals surface area contributed by atoms with Gasteiger partial charge in [0.05, 0.1) is 5.92 Å². The van der Waals surface area contributed by atoms with Gasteiger partial charge in [0.15, 0.2) is 0 Å². The Hall–Kier alpha value is -1.98. The first kappa shape index (κ1) is 17.1. The van der Waals surface area contributed by atoms with Gasteiger partial charge in [-0.25, -0.2) is 8.78 Å². The monoisotopic (exact) mass is 299 g/mol. The average Bonchev–Trinajstić information content (AvgIpc) is 2.31. The van der Waals surface area contributed by atoms with Crippen molar-refractivity contribution < 1.29 is 23.5 Å². The summed E-state index contributed by atoms with van der Waals surface area (Å²) in [5, 5.41) is 11.5. The maximum Gasteiger partial charge on any atom is 0.308 e. The fraction of sp³-hybridized carbons (Fsp3) is 0.467. The zero-order valence-electron chi connectivity index (χ0n) is 12.2. The highest BCUT2D eigenvalue weighted by Crippen LogP contribution is 2.24. The Balaban J connectivity index is 2.71. The van der Waals surface area contributed by atoms with Gasteiger partial charge in [-0.1, -0.05) is 20.8 Å². The first-order valence-corrected chi connectivity index (χ1v) is 6.55. The van der Waals surface area contributed by atoms with Crippen molar-refractivity contribution in [3.63, 3.8) is 0 Å². The highest BCUT2D eigenvalue weighted by Gasteiger charge is 2.25. The highest BCUT2D eigenvalue weighted by atomic mass is 19.1. The predicted octanol–water partition coefficient (Wildman–Crippen LogP) is 2.83. The average molecular weight is 299 g/mol. The minimum atomic E-state index is -1.02. The number of benzene rings is 1. The van der Waals surface area contributed by atoms with Crippen molar-refractivity contribution in [2.45, 2.75) is 27.2 Å². The van der Waals surface area contributed by atoms with E-state index in [2.05, 4.69) is 5.32 Å². The number of halogens is 2. The zero-order valence-corrected chi connectivity index (χ0v) is 12.2. The lowest BCUT2D eigenvalue weighted by Crippen LogP contribution is -2.35. The van der Waals surface area contributed by atoms with E-state index in [1.807, 2.05) is 20.8 Å². The van der Waals surface area contributed by atoms with Crippen LogP contribution in [0, 0.1) is 23.0 Å². The molecule has 0 radical (unpaired) electrons. The Morgan fingerprint density at radius 3 is 2.14 bits per heavy atom. The van der Waals surface area contributed by atoms with E-state index in [4.69, 9.17) is 5.11 Å². The number of rotatable bonds is 5. The number of carbonyl (C=O) groups excluding carboxylic acids is 1. The maximum atomic E-state index is 13.0. The molecule has 0 aliphatic heterocycles. The molecule has 0 aromatic heterocycles. The summed E-state index contributed by atoms with van der Waals surface area (Å²) in [6, 6.07) is 2.46. The molecule has 0 spiro atoms. The Bertz CT molecular complexity index is 518. The molecule has 1 amide bonds. The number of nitrogens with one attached hydrogen (secondary N) is 1. The lowest BCUT2D eigenvalue weighted by molar-refractivity contribution is -0.142. The molecule has 0 aliphatic rings. The molecule has 116 valence electrons. The normalized spacial score (nSPS) is 12.8. The smallest absolute Gasteiger partial charge is 0.308 e. The molecule has 1 aromatic rings. The summed E-state index contributed by atoms with van der Waals surface area (Å²) in [7, 11) is 0. The van der Waals surface area contributed by atoms with Gasteiger partial charge in [0.1, 0.15) is 11.6 Å². The van der Waals surface area contributed by atoms with E-state index in [0.717, 1.165) is 12.1 Å². The Kier molecular flexibility index (Phi) is 5.41. The molecule has 1 rings (SSSR count). The summed E-state index contributed by atoms with van der Waals surface area (Å²) < 4.78 is 26.0. The number of hydrogen-bond acceptors (Lipinski definition) is 2. The molecule has 2 N–H and O–H groups in total. The molecular formula is C15H19F2NO3. The van der Waals surface area contributed by atoms with E-state index < -0.39 is 29.4 Å². The number of aliphatic carboxylic acids is 1. The lowest BCUT2D eigenvalue weighted by Gasteiger charge is -2.23. The summed E-state index contributed by atoms with van der Waals surface area (Å²) in [4.78, 5) is 23.0. The van der Waals surface area contributed by atoms with Crippen molar-refractivity contribution in [3.05, 3.63) is 35.4 Å². The lowest BCUT2D eigenvalue weighted by atomic mass is 9.84. The Morgan fingerprint density at radius 2 is 1.71 bits per heavy atom. The topological polar surface area (TPSA) is 66.4 Å². The SMILES string of the molecule is CC(C)(C)CC(CNC(=O)c1cc(F)cc(F)c1)C(=O)O. The van der Waals surface area contributed by atoms with E-state index >= 15 is 0 Å². The number of hydrogen-bond donors (Lipinski definition) is 2.